The van der Waals surface area contributed by atoms with E-state index >= 15 is 0 Å². The first-order chi connectivity index (χ1) is 15.4. The first kappa shape index (κ1) is 21.4. The highest BCUT2D eigenvalue weighted by atomic mass is 32.2. The van der Waals surface area contributed by atoms with Gasteiger partial charge in [0.05, 0.1) is 28.4 Å². The Morgan fingerprint density at radius 2 is 2.09 bits per heavy atom. The monoisotopic (exact) mass is 453 g/mol. The lowest BCUT2D eigenvalue weighted by Crippen LogP contribution is -2.16. The molecule has 162 valence electrons. The SMILES string of the molecule is CCSNc1cnc(Oc2ccc(F)cc2F)c(-c2cn(C)c(=O)c3cc(C#N)[nH]c23)c1. The fourth-order valence-electron chi connectivity index (χ4n) is 3.21. The summed E-state index contributed by atoms with van der Waals surface area (Å²) in [5.41, 5.74) is 2.00. The van der Waals surface area contributed by atoms with Crippen LogP contribution in [0, 0.1) is 23.0 Å². The Balaban J connectivity index is 1.93. The molecule has 0 aliphatic rings. The Bertz CT molecular complexity index is 1420. The number of benzene rings is 1. The van der Waals surface area contributed by atoms with Crippen LogP contribution in [0.3, 0.4) is 0 Å². The van der Waals surface area contributed by atoms with Crippen molar-refractivity contribution in [3.8, 4) is 28.8 Å². The quantitative estimate of drug-likeness (QED) is 0.401. The molecule has 4 aromatic rings. The largest absolute Gasteiger partial charge is 0.435 e. The van der Waals surface area contributed by atoms with E-state index in [-0.39, 0.29) is 22.9 Å². The van der Waals surface area contributed by atoms with Crippen molar-refractivity contribution >= 4 is 28.5 Å². The molecule has 7 nitrogen and oxygen atoms in total. The minimum absolute atomic E-state index is 0.0515. The van der Waals surface area contributed by atoms with Crippen molar-refractivity contribution in [2.45, 2.75) is 6.92 Å². The first-order valence-corrected chi connectivity index (χ1v) is 10.5. The average molecular weight is 453 g/mol. The second-order valence-corrected chi connectivity index (χ2v) is 7.90. The molecule has 2 N–H and O–H groups in total. The third kappa shape index (κ3) is 4.02. The number of nitrogens with one attached hydrogen (secondary N) is 2. The maximum Gasteiger partial charge on any atom is 0.259 e. The third-order valence-electron chi connectivity index (χ3n) is 4.66. The van der Waals surface area contributed by atoms with Gasteiger partial charge in [0.25, 0.3) is 5.56 Å². The van der Waals surface area contributed by atoms with E-state index < -0.39 is 11.6 Å². The van der Waals surface area contributed by atoms with Crippen molar-refractivity contribution < 1.29 is 13.5 Å². The summed E-state index contributed by atoms with van der Waals surface area (Å²) in [6.07, 6.45) is 3.11. The molecular formula is C22H17F2N5O2S. The number of nitriles is 1. The molecule has 0 radical (unpaired) electrons. The van der Waals surface area contributed by atoms with Crippen LogP contribution in [0.5, 0.6) is 11.6 Å². The maximum atomic E-state index is 14.2. The lowest BCUT2D eigenvalue weighted by molar-refractivity contribution is 0.425. The maximum absolute atomic E-state index is 14.2. The van der Waals surface area contributed by atoms with Crippen LogP contribution in [0.15, 0.2) is 47.5 Å². The van der Waals surface area contributed by atoms with E-state index in [0.717, 1.165) is 17.9 Å². The van der Waals surface area contributed by atoms with E-state index in [0.29, 0.717) is 27.7 Å². The van der Waals surface area contributed by atoms with Crippen LogP contribution < -0.4 is 15.0 Å². The molecule has 32 heavy (non-hydrogen) atoms. The molecule has 0 spiro atoms. The molecule has 0 unspecified atom stereocenters. The zero-order valence-corrected chi connectivity index (χ0v) is 17.9. The lowest BCUT2D eigenvalue weighted by atomic mass is 10.1. The fraction of sp³-hybridized carbons (Fsp3) is 0.136. The topological polar surface area (TPSA) is 95.7 Å². The summed E-state index contributed by atoms with van der Waals surface area (Å²) >= 11 is 1.46. The van der Waals surface area contributed by atoms with E-state index in [1.165, 1.54) is 34.8 Å². The van der Waals surface area contributed by atoms with E-state index in [2.05, 4.69) is 14.7 Å². The number of anilines is 1. The van der Waals surface area contributed by atoms with Gasteiger partial charge < -0.3 is 19.0 Å². The highest BCUT2D eigenvalue weighted by Gasteiger charge is 2.19. The zero-order chi connectivity index (χ0) is 22.8. The number of halogens is 2. The molecule has 1 aromatic carbocycles. The molecule has 10 heteroatoms. The van der Waals surface area contributed by atoms with Gasteiger partial charge in [-0.05, 0) is 24.3 Å². The van der Waals surface area contributed by atoms with Crippen molar-refractivity contribution in [3.63, 3.8) is 0 Å². The van der Waals surface area contributed by atoms with Crippen LogP contribution in [0.4, 0.5) is 14.5 Å². The van der Waals surface area contributed by atoms with Crippen molar-refractivity contribution in [3.05, 3.63) is 70.4 Å². The molecule has 0 aliphatic carbocycles. The number of aromatic amines is 1. The van der Waals surface area contributed by atoms with Gasteiger partial charge in [0.2, 0.25) is 5.88 Å². The zero-order valence-electron chi connectivity index (χ0n) is 17.1. The van der Waals surface area contributed by atoms with Gasteiger partial charge in [-0.25, -0.2) is 13.8 Å². The molecule has 3 aromatic heterocycles. The molecule has 0 saturated carbocycles. The van der Waals surface area contributed by atoms with Gasteiger partial charge in [0.15, 0.2) is 11.6 Å². The summed E-state index contributed by atoms with van der Waals surface area (Å²) in [4.78, 5) is 19.9. The predicted molar refractivity (Wildman–Crippen MR) is 120 cm³/mol. The third-order valence-corrected chi connectivity index (χ3v) is 5.33. The van der Waals surface area contributed by atoms with Crippen LogP contribution in [0.25, 0.3) is 22.0 Å². The number of H-pyrrole nitrogens is 1. The summed E-state index contributed by atoms with van der Waals surface area (Å²) in [5, 5.41) is 9.61. The second kappa shape index (κ2) is 8.72. The Morgan fingerprint density at radius 3 is 2.81 bits per heavy atom. The van der Waals surface area contributed by atoms with E-state index in [4.69, 9.17) is 4.74 Å². The smallest absolute Gasteiger partial charge is 0.259 e. The number of pyridine rings is 2. The molecule has 3 heterocycles. The highest BCUT2D eigenvalue weighted by Crippen LogP contribution is 2.37. The van der Waals surface area contributed by atoms with Gasteiger partial charge in [0.1, 0.15) is 17.6 Å². The van der Waals surface area contributed by atoms with Crippen LogP contribution in [0.1, 0.15) is 12.6 Å². The molecule has 0 fully saturated rings. The molecular weight excluding hydrogens is 436 g/mol. The number of rotatable bonds is 6. The Kier molecular flexibility index (Phi) is 5.83. The van der Waals surface area contributed by atoms with Gasteiger partial charge in [-0.15, -0.1) is 0 Å². The summed E-state index contributed by atoms with van der Waals surface area (Å²) in [6, 6.07) is 8.20. The molecule has 0 atom stereocenters. The van der Waals surface area contributed by atoms with Crippen molar-refractivity contribution in [1.82, 2.24) is 14.5 Å². The Labute approximate surface area is 185 Å². The van der Waals surface area contributed by atoms with Crippen LogP contribution in [-0.2, 0) is 7.05 Å². The van der Waals surface area contributed by atoms with Gasteiger partial charge in [0, 0.05) is 30.6 Å². The number of nitrogens with zero attached hydrogens (tertiary/aromatic N) is 3. The number of aromatic nitrogens is 3. The minimum Gasteiger partial charge on any atom is -0.435 e. The summed E-state index contributed by atoms with van der Waals surface area (Å²) in [5.74, 6) is -0.946. The summed E-state index contributed by atoms with van der Waals surface area (Å²) in [6.45, 7) is 1.99. The van der Waals surface area contributed by atoms with E-state index in [1.54, 1.807) is 19.3 Å². The Morgan fingerprint density at radius 1 is 1.28 bits per heavy atom. The lowest BCUT2D eigenvalue weighted by Gasteiger charge is -2.14. The highest BCUT2D eigenvalue weighted by molar-refractivity contribution is 8.00. The fourth-order valence-corrected chi connectivity index (χ4v) is 3.63. The van der Waals surface area contributed by atoms with Crippen molar-refractivity contribution in [2.75, 3.05) is 10.5 Å². The Hall–Kier alpha value is -3.84. The summed E-state index contributed by atoms with van der Waals surface area (Å²) < 4.78 is 37.8. The minimum atomic E-state index is -0.876. The van der Waals surface area contributed by atoms with Gasteiger partial charge in [-0.1, -0.05) is 18.9 Å². The summed E-state index contributed by atoms with van der Waals surface area (Å²) in [7, 11) is 1.59. The second-order valence-electron chi connectivity index (χ2n) is 6.83. The normalized spacial score (nSPS) is 10.8. The molecule has 0 aliphatic heterocycles. The number of ether oxygens (including phenoxy) is 1. The van der Waals surface area contributed by atoms with Crippen molar-refractivity contribution in [2.24, 2.45) is 7.05 Å². The van der Waals surface area contributed by atoms with Crippen LogP contribution >= 0.6 is 11.9 Å². The van der Waals surface area contributed by atoms with E-state index in [9.17, 15) is 18.8 Å². The number of aryl methyl sites for hydroxylation is 1. The van der Waals surface area contributed by atoms with Gasteiger partial charge in [-0.3, -0.25) is 4.79 Å². The van der Waals surface area contributed by atoms with Crippen LogP contribution in [-0.4, -0.2) is 20.3 Å². The van der Waals surface area contributed by atoms with Crippen molar-refractivity contribution in [1.29, 1.82) is 5.26 Å². The standard InChI is InChI=1S/C22H17F2N5O2S/c1-3-32-28-14-8-15(21(26-10-14)31-19-5-4-12(23)6-18(19)24)17-11-29(2)22(30)16-7-13(9-25)27-20(16)17/h4-8,10-11,27-28H,3H2,1-2H3. The van der Waals surface area contributed by atoms with E-state index in [1.807, 2.05) is 13.0 Å². The van der Waals surface area contributed by atoms with Gasteiger partial charge in [-0.2, -0.15) is 5.26 Å². The number of fused-ring (bicyclic) bond motifs is 1. The van der Waals surface area contributed by atoms with Gasteiger partial charge >= 0.3 is 0 Å². The predicted octanol–water partition coefficient (Wildman–Crippen LogP) is 4.95. The molecule has 0 amide bonds. The molecule has 0 saturated heterocycles. The first-order valence-electron chi connectivity index (χ1n) is 9.54. The van der Waals surface area contributed by atoms with Crippen LogP contribution in [0.2, 0.25) is 0 Å². The number of hydrogen-bond acceptors (Lipinski definition) is 6. The molecule has 4 rings (SSSR count). The molecule has 0 bridgehead atoms. The number of hydrogen-bond donors (Lipinski definition) is 2. The average Bonchev–Trinajstić information content (AvgIpc) is 3.22.